The topological polar surface area (TPSA) is 202 Å². The maximum absolute atomic E-state index is 13.1. The van der Waals surface area contributed by atoms with E-state index < -0.39 is 35.9 Å². The molecule has 0 saturated carbocycles. The smallest absolute Gasteiger partial charge is 0.326 e. The Balaban J connectivity index is 2.17. The number of hydrogen-bond donors (Lipinski definition) is 7. The van der Waals surface area contributed by atoms with E-state index in [1.807, 2.05) is 38.1 Å². The number of benzene rings is 1. The van der Waals surface area contributed by atoms with Gasteiger partial charge >= 0.3 is 5.97 Å². The second-order valence-corrected chi connectivity index (χ2v) is 8.71. The summed E-state index contributed by atoms with van der Waals surface area (Å²) in [5.74, 6) is -2.21. The first-order valence-corrected chi connectivity index (χ1v) is 11.3. The fourth-order valence-electron chi connectivity index (χ4n) is 3.62. The van der Waals surface area contributed by atoms with Gasteiger partial charge in [0.15, 0.2) is 5.96 Å². The molecule has 11 nitrogen and oxygen atoms in total. The molecule has 2 amide bonds. The van der Waals surface area contributed by atoms with Crippen molar-refractivity contribution >= 4 is 34.6 Å². The normalized spacial score (nSPS) is 13.8. The van der Waals surface area contributed by atoms with Gasteiger partial charge in [0.2, 0.25) is 11.8 Å². The number of carboxylic acids is 1. The van der Waals surface area contributed by atoms with Crippen LogP contribution in [0.1, 0.15) is 38.7 Å². The van der Waals surface area contributed by atoms with Crippen molar-refractivity contribution in [2.45, 2.75) is 57.7 Å². The first kappa shape index (κ1) is 26.7. The number of carboxylic acid groups (broad SMARTS) is 1. The molecule has 1 heterocycles. The zero-order valence-electron chi connectivity index (χ0n) is 19.6. The Hall–Kier alpha value is -3.60. The highest BCUT2D eigenvalue weighted by Crippen LogP contribution is 2.19. The number of aliphatic carboxylic acids is 1. The molecule has 0 radical (unpaired) electrons. The van der Waals surface area contributed by atoms with Crippen molar-refractivity contribution in [2.75, 3.05) is 6.54 Å². The number of carbonyl (C=O) groups is 3. The monoisotopic (exact) mass is 473 g/mol. The Morgan fingerprint density at radius 3 is 2.41 bits per heavy atom. The van der Waals surface area contributed by atoms with Crippen LogP contribution in [0.4, 0.5) is 0 Å². The molecule has 1 aromatic heterocycles. The Labute approximate surface area is 198 Å². The van der Waals surface area contributed by atoms with Gasteiger partial charge in [0.05, 0.1) is 6.04 Å². The first-order valence-electron chi connectivity index (χ1n) is 11.3. The maximum Gasteiger partial charge on any atom is 0.326 e. The predicted molar refractivity (Wildman–Crippen MR) is 131 cm³/mol. The van der Waals surface area contributed by atoms with E-state index in [2.05, 4.69) is 20.6 Å². The number of hydrogen-bond acceptors (Lipinski definition) is 5. The third-order valence-electron chi connectivity index (χ3n) is 5.36. The number of fused-ring (bicyclic) bond motifs is 1. The van der Waals surface area contributed by atoms with E-state index in [1.165, 1.54) is 0 Å². The average Bonchev–Trinajstić information content (AvgIpc) is 3.17. The molecular formula is C23H35N7O4. The van der Waals surface area contributed by atoms with Crippen LogP contribution in [0.5, 0.6) is 0 Å². The zero-order chi connectivity index (χ0) is 25.3. The van der Waals surface area contributed by atoms with Gasteiger partial charge in [-0.05, 0) is 36.8 Å². The molecule has 2 aromatic rings. The standard InChI is InChI=1S/C23H35N7O4/c1-13(2)10-19(22(33)34)30-21(32)18(11-14-12-28-17-8-4-3-6-15(14)17)29-20(31)16(24)7-5-9-27-23(25)26/h3-4,6,8,12-13,16,18-19,28H,5,7,9-11,24H2,1-2H3,(H,29,31)(H,30,32)(H,33,34)(H4,25,26,27)/t16-,18-,19-/m0/s1. The molecule has 1 aromatic carbocycles. The van der Waals surface area contributed by atoms with Gasteiger partial charge in [-0.25, -0.2) is 4.79 Å². The number of rotatable bonds is 13. The second-order valence-electron chi connectivity index (χ2n) is 8.71. The van der Waals surface area contributed by atoms with Crippen LogP contribution in [-0.2, 0) is 20.8 Å². The maximum atomic E-state index is 13.1. The number of para-hydroxylation sites is 1. The largest absolute Gasteiger partial charge is 0.480 e. The Morgan fingerprint density at radius 2 is 1.76 bits per heavy atom. The molecule has 3 atom stereocenters. The lowest BCUT2D eigenvalue weighted by molar-refractivity contribution is -0.142. The fourth-order valence-corrected chi connectivity index (χ4v) is 3.62. The quantitative estimate of drug-likeness (QED) is 0.122. The summed E-state index contributed by atoms with van der Waals surface area (Å²) in [6.07, 6.45) is 3.00. The third-order valence-corrected chi connectivity index (χ3v) is 5.36. The summed E-state index contributed by atoms with van der Waals surface area (Å²) < 4.78 is 0. The highest BCUT2D eigenvalue weighted by Gasteiger charge is 2.29. The number of amides is 2. The van der Waals surface area contributed by atoms with Crippen LogP contribution in [0.2, 0.25) is 0 Å². The van der Waals surface area contributed by atoms with Crippen molar-refractivity contribution in [3.05, 3.63) is 36.0 Å². The van der Waals surface area contributed by atoms with Gasteiger partial charge in [0.1, 0.15) is 12.1 Å². The summed E-state index contributed by atoms with van der Waals surface area (Å²) in [5.41, 5.74) is 18.3. The molecule has 0 unspecified atom stereocenters. The van der Waals surface area contributed by atoms with Crippen LogP contribution in [-0.4, -0.2) is 58.5 Å². The van der Waals surface area contributed by atoms with E-state index >= 15 is 0 Å². The van der Waals surface area contributed by atoms with E-state index in [-0.39, 0.29) is 24.7 Å². The van der Waals surface area contributed by atoms with Crippen molar-refractivity contribution in [3.8, 4) is 0 Å². The summed E-state index contributed by atoms with van der Waals surface area (Å²) >= 11 is 0. The minimum Gasteiger partial charge on any atom is -0.480 e. The molecule has 0 spiro atoms. The summed E-state index contributed by atoms with van der Waals surface area (Å²) in [5, 5.41) is 15.7. The predicted octanol–water partition coefficient (Wildman–Crippen LogP) is 0.192. The molecule has 186 valence electrons. The highest BCUT2D eigenvalue weighted by atomic mass is 16.4. The molecule has 11 heteroatoms. The molecule has 0 aliphatic heterocycles. The van der Waals surface area contributed by atoms with Crippen LogP contribution >= 0.6 is 0 Å². The van der Waals surface area contributed by atoms with Crippen LogP contribution in [0.15, 0.2) is 35.5 Å². The van der Waals surface area contributed by atoms with Gasteiger partial charge in [-0.15, -0.1) is 0 Å². The number of guanidine groups is 1. The summed E-state index contributed by atoms with van der Waals surface area (Å²) in [6.45, 7) is 4.07. The third kappa shape index (κ3) is 8.07. The van der Waals surface area contributed by atoms with E-state index in [9.17, 15) is 19.5 Å². The number of nitrogens with zero attached hydrogens (tertiary/aromatic N) is 1. The highest BCUT2D eigenvalue weighted by molar-refractivity contribution is 5.93. The Morgan fingerprint density at radius 1 is 1.09 bits per heavy atom. The average molecular weight is 474 g/mol. The van der Waals surface area contributed by atoms with E-state index in [0.29, 0.717) is 19.4 Å². The van der Waals surface area contributed by atoms with Crippen LogP contribution in [0.25, 0.3) is 10.9 Å². The van der Waals surface area contributed by atoms with Gasteiger partial charge in [-0.1, -0.05) is 32.0 Å². The van der Waals surface area contributed by atoms with Crippen LogP contribution < -0.4 is 27.8 Å². The summed E-state index contributed by atoms with van der Waals surface area (Å²) in [4.78, 5) is 44.5. The van der Waals surface area contributed by atoms with E-state index in [1.54, 1.807) is 6.20 Å². The molecule has 0 aliphatic rings. The molecule has 10 N–H and O–H groups in total. The van der Waals surface area contributed by atoms with Crippen LogP contribution in [0.3, 0.4) is 0 Å². The molecule has 0 aliphatic carbocycles. The van der Waals surface area contributed by atoms with Gasteiger partial charge in [-0.2, -0.15) is 0 Å². The van der Waals surface area contributed by atoms with Crippen molar-refractivity contribution < 1.29 is 19.5 Å². The first-order chi connectivity index (χ1) is 16.1. The van der Waals surface area contributed by atoms with Gasteiger partial charge < -0.3 is 37.9 Å². The SMILES string of the molecule is CC(C)C[C@H](NC(=O)[C@H](Cc1c[nH]c2ccccc12)NC(=O)[C@@H](N)CCCN=C(N)N)C(=O)O. The lowest BCUT2D eigenvalue weighted by atomic mass is 10.0. The Kier molecular flexibility index (Phi) is 9.87. The minimum absolute atomic E-state index is 0.0390. The number of aliphatic imine (C=N–C) groups is 1. The number of carbonyl (C=O) groups excluding carboxylic acids is 2. The number of aromatic amines is 1. The van der Waals surface area contributed by atoms with Gasteiger partial charge in [-0.3, -0.25) is 14.6 Å². The van der Waals surface area contributed by atoms with Crippen molar-refractivity contribution in [3.63, 3.8) is 0 Å². The number of aromatic nitrogens is 1. The van der Waals surface area contributed by atoms with Gasteiger partial charge in [0.25, 0.3) is 0 Å². The van der Waals surface area contributed by atoms with Crippen LogP contribution in [0, 0.1) is 5.92 Å². The van der Waals surface area contributed by atoms with Crippen molar-refractivity contribution in [1.29, 1.82) is 0 Å². The molecule has 2 rings (SSSR count). The molecule has 0 bridgehead atoms. The molecular weight excluding hydrogens is 438 g/mol. The van der Waals surface area contributed by atoms with E-state index in [4.69, 9.17) is 17.2 Å². The minimum atomic E-state index is -1.13. The van der Waals surface area contributed by atoms with Crippen molar-refractivity contribution in [1.82, 2.24) is 15.6 Å². The zero-order valence-corrected chi connectivity index (χ0v) is 19.6. The molecule has 34 heavy (non-hydrogen) atoms. The summed E-state index contributed by atoms with van der Waals surface area (Å²) in [7, 11) is 0. The lowest BCUT2D eigenvalue weighted by Crippen LogP contribution is -2.55. The molecule has 0 saturated heterocycles. The van der Waals surface area contributed by atoms with Gasteiger partial charge in [0, 0.05) is 30.1 Å². The number of nitrogens with two attached hydrogens (primary N) is 3. The number of nitrogens with one attached hydrogen (secondary N) is 3. The fraction of sp³-hybridized carbons (Fsp3) is 0.478. The summed E-state index contributed by atoms with van der Waals surface area (Å²) in [6, 6.07) is 4.63. The number of H-pyrrole nitrogens is 1. The second kappa shape index (κ2) is 12.6. The Bertz CT molecular complexity index is 1010. The van der Waals surface area contributed by atoms with Crippen molar-refractivity contribution in [2.24, 2.45) is 28.1 Å². The molecule has 0 fully saturated rings. The van der Waals surface area contributed by atoms with E-state index in [0.717, 1.165) is 16.5 Å². The lowest BCUT2D eigenvalue weighted by Gasteiger charge is -2.23.